The minimum Gasteiger partial charge on any atom is -0.494 e. The fraction of sp³-hybridized carbons (Fsp3) is 0.455. The molecule has 1 aromatic rings. The molecule has 2 N–H and O–H groups in total. The molecule has 0 aliphatic heterocycles. The van der Waals surface area contributed by atoms with Crippen LogP contribution < -0.4 is 10.5 Å². The minimum atomic E-state index is -2.39. The third-order valence-electron chi connectivity index (χ3n) is 2.05. The molecule has 0 aliphatic carbocycles. The van der Waals surface area contributed by atoms with Crippen molar-refractivity contribution in [2.75, 3.05) is 6.61 Å². The van der Waals surface area contributed by atoms with Gasteiger partial charge in [0.25, 0.3) is 0 Å². The van der Waals surface area contributed by atoms with E-state index in [0.29, 0.717) is 17.9 Å². The standard InChI is InChI=1S/C11H15F2NO/c1-2-15-10-6-4-3-5-8(10)9(14)7-11(12)13/h3-6,9,11H,2,7,14H2,1H3/t9-/m0/s1. The Labute approximate surface area is 88.0 Å². The van der Waals surface area contributed by atoms with Crippen molar-refractivity contribution in [3.63, 3.8) is 0 Å². The van der Waals surface area contributed by atoms with E-state index < -0.39 is 12.5 Å². The molecule has 1 rings (SSSR count). The van der Waals surface area contributed by atoms with Gasteiger partial charge in [-0.25, -0.2) is 8.78 Å². The molecule has 4 heteroatoms. The number of alkyl halides is 2. The number of rotatable bonds is 5. The predicted octanol–water partition coefficient (Wildman–Crippen LogP) is 2.74. The van der Waals surface area contributed by atoms with Gasteiger partial charge in [-0.3, -0.25) is 0 Å². The van der Waals surface area contributed by atoms with Crippen LogP contribution in [0.2, 0.25) is 0 Å². The molecular formula is C11H15F2NO. The zero-order valence-corrected chi connectivity index (χ0v) is 8.62. The van der Waals surface area contributed by atoms with Gasteiger partial charge in [0.2, 0.25) is 6.43 Å². The van der Waals surface area contributed by atoms with Gasteiger partial charge in [-0.05, 0) is 13.0 Å². The van der Waals surface area contributed by atoms with Gasteiger partial charge < -0.3 is 10.5 Å². The van der Waals surface area contributed by atoms with Crippen LogP contribution in [0, 0.1) is 0 Å². The Morgan fingerprint density at radius 1 is 1.33 bits per heavy atom. The van der Waals surface area contributed by atoms with Crippen LogP contribution in [0.15, 0.2) is 24.3 Å². The first-order chi connectivity index (χ1) is 7.15. The number of hydrogen-bond donors (Lipinski definition) is 1. The third-order valence-corrected chi connectivity index (χ3v) is 2.05. The Balaban J connectivity index is 2.81. The summed E-state index contributed by atoms with van der Waals surface area (Å²) < 4.78 is 29.7. The number of para-hydroxylation sites is 1. The van der Waals surface area contributed by atoms with Gasteiger partial charge in [-0.1, -0.05) is 18.2 Å². The maximum Gasteiger partial charge on any atom is 0.240 e. The van der Waals surface area contributed by atoms with E-state index in [4.69, 9.17) is 10.5 Å². The lowest BCUT2D eigenvalue weighted by atomic mass is 10.0. The zero-order valence-electron chi connectivity index (χ0n) is 8.62. The van der Waals surface area contributed by atoms with Gasteiger partial charge >= 0.3 is 0 Å². The van der Waals surface area contributed by atoms with Crippen molar-refractivity contribution in [2.45, 2.75) is 25.8 Å². The second-order valence-corrected chi connectivity index (χ2v) is 3.20. The van der Waals surface area contributed by atoms with E-state index in [0.717, 1.165) is 0 Å². The van der Waals surface area contributed by atoms with Crippen LogP contribution >= 0.6 is 0 Å². The van der Waals surface area contributed by atoms with Gasteiger partial charge in [-0.2, -0.15) is 0 Å². The molecule has 0 heterocycles. The molecule has 0 aromatic heterocycles. The highest BCUT2D eigenvalue weighted by atomic mass is 19.3. The molecule has 2 nitrogen and oxygen atoms in total. The van der Waals surface area contributed by atoms with Crippen LogP contribution in [0.25, 0.3) is 0 Å². The summed E-state index contributed by atoms with van der Waals surface area (Å²) in [6.45, 7) is 2.34. The number of halogens is 2. The van der Waals surface area contributed by atoms with E-state index in [9.17, 15) is 8.78 Å². The second kappa shape index (κ2) is 5.66. The third kappa shape index (κ3) is 3.47. The monoisotopic (exact) mass is 215 g/mol. The lowest BCUT2D eigenvalue weighted by molar-refractivity contribution is 0.128. The van der Waals surface area contributed by atoms with E-state index in [2.05, 4.69) is 0 Å². The first-order valence-electron chi connectivity index (χ1n) is 4.90. The number of benzene rings is 1. The van der Waals surface area contributed by atoms with E-state index in [-0.39, 0.29) is 6.42 Å². The molecule has 0 aliphatic rings. The summed E-state index contributed by atoms with van der Waals surface area (Å²) in [5, 5.41) is 0. The van der Waals surface area contributed by atoms with Crippen molar-refractivity contribution in [3.05, 3.63) is 29.8 Å². The van der Waals surface area contributed by atoms with Crippen LogP contribution in [-0.2, 0) is 0 Å². The number of nitrogens with two attached hydrogens (primary N) is 1. The number of hydrogen-bond acceptors (Lipinski definition) is 2. The van der Waals surface area contributed by atoms with Crippen LogP contribution in [0.4, 0.5) is 8.78 Å². The summed E-state index contributed by atoms with van der Waals surface area (Å²) in [4.78, 5) is 0. The Hall–Kier alpha value is -1.16. The lowest BCUT2D eigenvalue weighted by Crippen LogP contribution is -2.15. The molecule has 0 radical (unpaired) electrons. The first kappa shape index (κ1) is 11.9. The Morgan fingerprint density at radius 2 is 2.00 bits per heavy atom. The molecule has 15 heavy (non-hydrogen) atoms. The summed E-state index contributed by atoms with van der Waals surface area (Å²) in [5.74, 6) is 0.591. The molecule has 1 atom stereocenters. The van der Waals surface area contributed by atoms with Crippen molar-refractivity contribution >= 4 is 0 Å². The smallest absolute Gasteiger partial charge is 0.240 e. The molecule has 0 bridgehead atoms. The molecule has 0 amide bonds. The molecular weight excluding hydrogens is 200 g/mol. The quantitative estimate of drug-likeness (QED) is 0.819. The molecule has 0 unspecified atom stereocenters. The van der Waals surface area contributed by atoms with Gasteiger partial charge in [-0.15, -0.1) is 0 Å². The number of ether oxygens (including phenoxy) is 1. The van der Waals surface area contributed by atoms with E-state index in [1.807, 2.05) is 6.92 Å². The van der Waals surface area contributed by atoms with E-state index >= 15 is 0 Å². The van der Waals surface area contributed by atoms with Crippen LogP contribution in [-0.4, -0.2) is 13.0 Å². The van der Waals surface area contributed by atoms with Gasteiger partial charge in [0, 0.05) is 18.0 Å². The molecule has 0 saturated heterocycles. The Morgan fingerprint density at radius 3 is 2.60 bits per heavy atom. The summed E-state index contributed by atoms with van der Waals surface area (Å²) in [6.07, 6.45) is -2.74. The van der Waals surface area contributed by atoms with E-state index in [1.165, 1.54) is 0 Å². The van der Waals surface area contributed by atoms with Crippen LogP contribution in [0.5, 0.6) is 5.75 Å². The summed E-state index contributed by atoms with van der Waals surface area (Å²) >= 11 is 0. The Bertz CT molecular complexity index is 304. The topological polar surface area (TPSA) is 35.2 Å². The molecule has 0 spiro atoms. The molecule has 0 fully saturated rings. The van der Waals surface area contributed by atoms with Crippen molar-refractivity contribution in [1.29, 1.82) is 0 Å². The van der Waals surface area contributed by atoms with Crippen molar-refractivity contribution in [1.82, 2.24) is 0 Å². The Kier molecular flexibility index (Phi) is 4.49. The largest absolute Gasteiger partial charge is 0.494 e. The van der Waals surface area contributed by atoms with Gasteiger partial charge in [0.1, 0.15) is 5.75 Å². The maximum absolute atomic E-state index is 12.2. The van der Waals surface area contributed by atoms with Crippen LogP contribution in [0.3, 0.4) is 0 Å². The van der Waals surface area contributed by atoms with Crippen molar-refractivity contribution < 1.29 is 13.5 Å². The fourth-order valence-electron chi connectivity index (χ4n) is 1.39. The normalized spacial score (nSPS) is 12.9. The van der Waals surface area contributed by atoms with Gasteiger partial charge in [0.15, 0.2) is 0 Å². The molecule has 84 valence electrons. The average Bonchev–Trinajstić information content (AvgIpc) is 2.18. The lowest BCUT2D eigenvalue weighted by Gasteiger charge is -2.15. The molecule has 0 saturated carbocycles. The first-order valence-corrected chi connectivity index (χ1v) is 4.90. The highest BCUT2D eigenvalue weighted by Gasteiger charge is 2.16. The minimum absolute atomic E-state index is 0.343. The summed E-state index contributed by atoms with van der Waals surface area (Å²) in [6, 6.07) is 6.35. The predicted molar refractivity (Wildman–Crippen MR) is 55.2 cm³/mol. The molecule has 1 aromatic carbocycles. The summed E-state index contributed by atoms with van der Waals surface area (Å²) in [7, 11) is 0. The maximum atomic E-state index is 12.2. The summed E-state index contributed by atoms with van der Waals surface area (Å²) in [5.41, 5.74) is 6.31. The van der Waals surface area contributed by atoms with Crippen molar-refractivity contribution in [3.8, 4) is 5.75 Å². The zero-order chi connectivity index (χ0) is 11.3. The van der Waals surface area contributed by atoms with Crippen LogP contribution in [0.1, 0.15) is 24.9 Å². The van der Waals surface area contributed by atoms with E-state index in [1.54, 1.807) is 24.3 Å². The average molecular weight is 215 g/mol. The van der Waals surface area contributed by atoms with Gasteiger partial charge in [0.05, 0.1) is 6.61 Å². The highest BCUT2D eigenvalue weighted by molar-refractivity contribution is 5.35. The second-order valence-electron chi connectivity index (χ2n) is 3.20. The van der Waals surface area contributed by atoms with Crippen molar-refractivity contribution in [2.24, 2.45) is 5.73 Å². The highest BCUT2D eigenvalue weighted by Crippen LogP contribution is 2.27. The fourth-order valence-corrected chi connectivity index (χ4v) is 1.39. The SMILES string of the molecule is CCOc1ccccc1[C@@H](N)CC(F)F.